The molecular weight excluding hydrogens is 158 g/mol. The standard InChI is InChI=1S/C7H11N3O2/c1-5-4-6(10(2)9-5)8-7(11)12-3/h4H,1-3H3,(H,8,11). The Labute approximate surface area is 70.3 Å². The zero-order chi connectivity index (χ0) is 9.14. The number of ether oxygens (including phenoxy) is 1. The molecule has 1 aromatic heterocycles. The molecule has 0 aliphatic carbocycles. The van der Waals surface area contributed by atoms with Gasteiger partial charge in [-0.15, -0.1) is 0 Å². The number of anilines is 1. The Morgan fingerprint density at radius 3 is 2.83 bits per heavy atom. The molecule has 0 aliphatic rings. The fraction of sp³-hybridized carbons (Fsp3) is 0.429. The lowest BCUT2D eigenvalue weighted by Gasteiger charge is -2.01. The summed E-state index contributed by atoms with van der Waals surface area (Å²) in [6.45, 7) is 1.85. The molecule has 66 valence electrons. The molecule has 0 spiro atoms. The SMILES string of the molecule is COC(=O)Nc1cc(C)nn1C. The summed E-state index contributed by atoms with van der Waals surface area (Å²) in [6.07, 6.45) is -0.488. The zero-order valence-electron chi connectivity index (χ0n) is 7.29. The average molecular weight is 169 g/mol. The molecule has 1 amide bonds. The van der Waals surface area contributed by atoms with Crippen LogP contribution >= 0.6 is 0 Å². The van der Waals surface area contributed by atoms with Gasteiger partial charge in [-0.05, 0) is 6.92 Å². The number of methoxy groups -OCH3 is 1. The van der Waals surface area contributed by atoms with E-state index in [9.17, 15) is 4.79 Å². The molecule has 0 unspecified atom stereocenters. The normalized spacial score (nSPS) is 9.58. The van der Waals surface area contributed by atoms with Crippen molar-refractivity contribution in [2.24, 2.45) is 7.05 Å². The Bertz CT molecular complexity index is 293. The molecule has 1 N–H and O–H groups in total. The number of rotatable bonds is 1. The Kier molecular flexibility index (Phi) is 2.32. The van der Waals surface area contributed by atoms with Gasteiger partial charge in [-0.1, -0.05) is 0 Å². The van der Waals surface area contributed by atoms with Crippen LogP contribution in [0.15, 0.2) is 6.07 Å². The van der Waals surface area contributed by atoms with Crippen LogP contribution in [0.5, 0.6) is 0 Å². The Hall–Kier alpha value is -1.52. The number of hydrogen-bond donors (Lipinski definition) is 1. The largest absolute Gasteiger partial charge is 0.453 e. The first-order chi connectivity index (χ1) is 5.63. The minimum absolute atomic E-state index is 0.488. The van der Waals surface area contributed by atoms with Crippen molar-refractivity contribution in [3.8, 4) is 0 Å². The predicted octanol–water partition coefficient (Wildman–Crippen LogP) is 0.907. The first kappa shape index (κ1) is 8.58. The van der Waals surface area contributed by atoms with Gasteiger partial charge in [0.1, 0.15) is 5.82 Å². The van der Waals surface area contributed by atoms with Crippen LogP contribution in [0.3, 0.4) is 0 Å². The Morgan fingerprint density at radius 2 is 2.42 bits per heavy atom. The van der Waals surface area contributed by atoms with Crippen molar-refractivity contribution in [2.75, 3.05) is 12.4 Å². The maximum atomic E-state index is 10.8. The summed E-state index contributed by atoms with van der Waals surface area (Å²) in [5.74, 6) is 0.624. The van der Waals surface area contributed by atoms with Gasteiger partial charge in [0.2, 0.25) is 0 Å². The number of nitrogens with zero attached hydrogens (tertiary/aromatic N) is 2. The molecule has 5 nitrogen and oxygen atoms in total. The Morgan fingerprint density at radius 1 is 1.75 bits per heavy atom. The number of nitrogens with one attached hydrogen (secondary N) is 1. The van der Waals surface area contributed by atoms with Gasteiger partial charge in [-0.2, -0.15) is 5.10 Å². The highest BCUT2D eigenvalue weighted by Gasteiger charge is 2.05. The zero-order valence-corrected chi connectivity index (χ0v) is 7.29. The van der Waals surface area contributed by atoms with Crippen molar-refractivity contribution in [1.82, 2.24) is 9.78 Å². The molecule has 0 aliphatic heterocycles. The summed E-state index contributed by atoms with van der Waals surface area (Å²) in [6, 6.07) is 1.76. The van der Waals surface area contributed by atoms with Crippen LogP contribution in [0.25, 0.3) is 0 Å². The van der Waals surface area contributed by atoms with E-state index in [-0.39, 0.29) is 0 Å². The third kappa shape index (κ3) is 1.75. The van der Waals surface area contributed by atoms with E-state index in [0.717, 1.165) is 5.69 Å². The molecule has 0 saturated carbocycles. The molecule has 0 radical (unpaired) electrons. The molecule has 1 heterocycles. The van der Waals surface area contributed by atoms with E-state index in [0.29, 0.717) is 5.82 Å². The van der Waals surface area contributed by atoms with Crippen LogP contribution in [0.2, 0.25) is 0 Å². The van der Waals surface area contributed by atoms with E-state index in [1.807, 2.05) is 6.92 Å². The molecule has 0 fully saturated rings. The highest BCUT2D eigenvalue weighted by Crippen LogP contribution is 2.07. The van der Waals surface area contributed by atoms with Crippen molar-refractivity contribution in [3.63, 3.8) is 0 Å². The number of hydrogen-bond acceptors (Lipinski definition) is 3. The van der Waals surface area contributed by atoms with Crippen LogP contribution < -0.4 is 5.32 Å². The predicted molar refractivity (Wildman–Crippen MR) is 44.0 cm³/mol. The van der Waals surface area contributed by atoms with Crippen molar-refractivity contribution >= 4 is 11.9 Å². The summed E-state index contributed by atoms with van der Waals surface area (Å²) in [5.41, 5.74) is 0.851. The summed E-state index contributed by atoms with van der Waals surface area (Å²) in [7, 11) is 3.07. The quantitative estimate of drug-likeness (QED) is 0.679. The highest BCUT2D eigenvalue weighted by atomic mass is 16.5. The highest BCUT2D eigenvalue weighted by molar-refractivity contribution is 5.83. The van der Waals surface area contributed by atoms with Crippen LogP contribution in [-0.2, 0) is 11.8 Å². The fourth-order valence-corrected chi connectivity index (χ4v) is 0.883. The van der Waals surface area contributed by atoms with Gasteiger partial charge in [0.05, 0.1) is 12.8 Å². The maximum Gasteiger partial charge on any atom is 0.412 e. The fourth-order valence-electron chi connectivity index (χ4n) is 0.883. The molecule has 0 saturated heterocycles. The molecule has 12 heavy (non-hydrogen) atoms. The second kappa shape index (κ2) is 3.25. The van der Waals surface area contributed by atoms with Gasteiger partial charge >= 0.3 is 6.09 Å². The van der Waals surface area contributed by atoms with E-state index in [1.54, 1.807) is 17.8 Å². The second-order valence-corrected chi connectivity index (χ2v) is 2.41. The lowest BCUT2D eigenvalue weighted by molar-refractivity contribution is 0.186. The van der Waals surface area contributed by atoms with Gasteiger partial charge in [-0.3, -0.25) is 10.00 Å². The van der Waals surface area contributed by atoms with E-state index < -0.39 is 6.09 Å². The van der Waals surface area contributed by atoms with Gasteiger partial charge in [0.25, 0.3) is 0 Å². The van der Waals surface area contributed by atoms with E-state index >= 15 is 0 Å². The third-order valence-corrected chi connectivity index (χ3v) is 1.42. The molecular formula is C7H11N3O2. The van der Waals surface area contributed by atoms with E-state index in [4.69, 9.17) is 0 Å². The first-order valence-corrected chi connectivity index (χ1v) is 3.49. The summed E-state index contributed by atoms with van der Waals surface area (Å²) in [4.78, 5) is 10.8. The summed E-state index contributed by atoms with van der Waals surface area (Å²) >= 11 is 0. The van der Waals surface area contributed by atoms with E-state index in [1.165, 1.54) is 7.11 Å². The number of carbonyl (C=O) groups is 1. The van der Waals surface area contributed by atoms with Crippen molar-refractivity contribution in [2.45, 2.75) is 6.92 Å². The van der Waals surface area contributed by atoms with Gasteiger partial charge < -0.3 is 4.74 Å². The summed E-state index contributed by atoms with van der Waals surface area (Å²) in [5, 5.41) is 6.56. The van der Waals surface area contributed by atoms with Crippen LogP contribution in [-0.4, -0.2) is 23.0 Å². The first-order valence-electron chi connectivity index (χ1n) is 3.49. The smallest absolute Gasteiger partial charge is 0.412 e. The van der Waals surface area contributed by atoms with Gasteiger partial charge in [0, 0.05) is 13.1 Å². The van der Waals surface area contributed by atoms with Gasteiger partial charge in [0.15, 0.2) is 0 Å². The van der Waals surface area contributed by atoms with Crippen LogP contribution in [0, 0.1) is 6.92 Å². The van der Waals surface area contributed by atoms with Crippen LogP contribution in [0.1, 0.15) is 5.69 Å². The molecule has 1 rings (SSSR count). The number of carbonyl (C=O) groups excluding carboxylic acids is 1. The monoisotopic (exact) mass is 169 g/mol. The second-order valence-electron chi connectivity index (χ2n) is 2.41. The average Bonchev–Trinajstić information content (AvgIpc) is 2.30. The lowest BCUT2D eigenvalue weighted by atomic mass is 10.5. The minimum atomic E-state index is -0.488. The van der Waals surface area contributed by atoms with Crippen molar-refractivity contribution in [3.05, 3.63) is 11.8 Å². The van der Waals surface area contributed by atoms with E-state index in [2.05, 4.69) is 15.2 Å². The maximum absolute atomic E-state index is 10.8. The Balaban J connectivity index is 2.75. The molecule has 0 atom stereocenters. The summed E-state index contributed by atoms with van der Waals surface area (Å²) < 4.78 is 6.00. The number of aromatic nitrogens is 2. The molecule has 0 aromatic carbocycles. The molecule has 1 aromatic rings. The van der Waals surface area contributed by atoms with Crippen LogP contribution in [0.4, 0.5) is 10.6 Å². The minimum Gasteiger partial charge on any atom is -0.453 e. The molecule has 0 bridgehead atoms. The van der Waals surface area contributed by atoms with Gasteiger partial charge in [-0.25, -0.2) is 4.79 Å². The number of amides is 1. The third-order valence-electron chi connectivity index (χ3n) is 1.42. The lowest BCUT2D eigenvalue weighted by Crippen LogP contribution is -2.13. The molecule has 5 heteroatoms. The van der Waals surface area contributed by atoms with Crippen molar-refractivity contribution in [1.29, 1.82) is 0 Å². The number of aryl methyl sites for hydroxylation is 2. The topological polar surface area (TPSA) is 56.1 Å². The van der Waals surface area contributed by atoms with Crippen molar-refractivity contribution < 1.29 is 9.53 Å².